The summed E-state index contributed by atoms with van der Waals surface area (Å²) in [4.78, 5) is 14.7. The summed E-state index contributed by atoms with van der Waals surface area (Å²) in [6.45, 7) is 0.801. The second-order valence-corrected chi connectivity index (χ2v) is 5.52. The maximum absolute atomic E-state index is 12.8. The van der Waals surface area contributed by atoms with E-state index in [0.717, 1.165) is 24.7 Å². The molecule has 1 atom stereocenters. The van der Waals surface area contributed by atoms with Crippen molar-refractivity contribution in [2.75, 3.05) is 26.1 Å². The summed E-state index contributed by atoms with van der Waals surface area (Å²) in [5.74, 6) is 1.28. The van der Waals surface area contributed by atoms with Gasteiger partial charge in [-0.2, -0.15) is 0 Å². The molecule has 0 aliphatic carbocycles. The number of likely N-dealkylation sites (tertiary alicyclic amines) is 1. The van der Waals surface area contributed by atoms with E-state index in [0.29, 0.717) is 17.1 Å². The molecule has 2 rings (SSSR count). The highest BCUT2D eigenvalue weighted by Gasteiger charge is 2.28. The molecule has 1 aliphatic rings. The van der Waals surface area contributed by atoms with E-state index in [-0.39, 0.29) is 11.9 Å². The minimum absolute atomic E-state index is 0.0184. The van der Waals surface area contributed by atoms with Crippen molar-refractivity contribution in [2.45, 2.75) is 25.3 Å². The Morgan fingerprint density at radius 2 is 2.15 bits per heavy atom. The second kappa shape index (κ2) is 6.97. The Kier molecular flexibility index (Phi) is 5.29. The number of carbonyl (C=O) groups is 1. The van der Waals surface area contributed by atoms with Crippen LogP contribution in [0.25, 0.3) is 0 Å². The van der Waals surface area contributed by atoms with Gasteiger partial charge in [0.15, 0.2) is 0 Å². The largest absolute Gasteiger partial charge is 0.497 e. The summed E-state index contributed by atoms with van der Waals surface area (Å²) in [6.07, 6.45) is 3.28. The molecule has 0 N–H and O–H groups in total. The molecule has 1 amide bonds. The van der Waals surface area contributed by atoms with Crippen molar-refractivity contribution in [2.24, 2.45) is 0 Å². The molecule has 0 saturated carbocycles. The minimum Gasteiger partial charge on any atom is -0.497 e. The predicted octanol–water partition coefficient (Wildman–Crippen LogP) is 3.09. The van der Waals surface area contributed by atoms with Gasteiger partial charge in [-0.25, -0.2) is 0 Å². The lowest BCUT2D eigenvalue weighted by molar-refractivity contribution is 0.0638. The smallest absolute Gasteiger partial charge is 0.258 e. The Morgan fingerprint density at radius 3 is 2.80 bits per heavy atom. The Hall–Kier alpha value is -1.23. The lowest BCUT2D eigenvalue weighted by Crippen LogP contribution is -2.44. The van der Waals surface area contributed by atoms with Crippen LogP contribution in [0.5, 0.6) is 11.5 Å². The Morgan fingerprint density at radius 1 is 1.35 bits per heavy atom. The third-order valence-corrected chi connectivity index (χ3v) is 4.45. The van der Waals surface area contributed by atoms with E-state index in [9.17, 15) is 4.79 Å². The van der Waals surface area contributed by atoms with Gasteiger partial charge in [0, 0.05) is 17.9 Å². The standard InChI is InChI=1S/C15H20BrNO3/c1-19-12-6-7-14(20-2)13(9-12)15(18)17-8-4-3-5-11(17)10-16/h6-7,9,11H,3-5,8,10H2,1-2H3. The van der Waals surface area contributed by atoms with Gasteiger partial charge in [0.25, 0.3) is 5.91 Å². The number of nitrogens with zero attached hydrogens (tertiary/aromatic N) is 1. The number of hydrogen-bond acceptors (Lipinski definition) is 3. The van der Waals surface area contributed by atoms with Gasteiger partial charge in [0.05, 0.1) is 19.8 Å². The molecule has 110 valence electrons. The Bertz CT molecular complexity index is 478. The number of methoxy groups -OCH3 is 2. The lowest BCUT2D eigenvalue weighted by Gasteiger charge is -2.35. The van der Waals surface area contributed by atoms with Crippen LogP contribution in [0, 0.1) is 0 Å². The van der Waals surface area contributed by atoms with Crippen LogP contribution in [0.1, 0.15) is 29.6 Å². The summed E-state index contributed by atoms with van der Waals surface area (Å²) in [5, 5.41) is 0.811. The van der Waals surface area contributed by atoms with Gasteiger partial charge in [0.1, 0.15) is 11.5 Å². The first-order chi connectivity index (χ1) is 9.71. The van der Waals surface area contributed by atoms with Crippen molar-refractivity contribution in [3.05, 3.63) is 23.8 Å². The zero-order valence-corrected chi connectivity index (χ0v) is 13.5. The number of benzene rings is 1. The predicted molar refractivity (Wildman–Crippen MR) is 82.0 cm³/mol. The molecule has 0 spiro atoms. The normalized spacial score (nSPS) is 18.8. The second-order valence-electron chi connectivity index (χ2n) is 4.87. The quantitative estimate of drug-likeness (QED) is 0.790. The molecule has 5 heteroatoms. The van der Waals surface area contributed by atoms with E-state index in [1.807, 2.05) is 4.90 Å². The molecule has 20 heavy (non-hydrogen) atoms. The highest BCUT2D eigenvalue weighted by Crippen LogP contribution is 2.28. The van der Waals surface area contributed by atoms with Crippen molar-refractivity contribution in [1.29, 1.82) is 0 Å². The van der Waals surface area contributed by atoms with Crippen LogP contribution in [0.4, 0.5) is 0 Å². The molecule has 1 unspecified atom stereocenters. The number of amides is 1. The van der Waals surface area contributed by atoms with Crippen LogP contribution < -0.4 is 9.47 Å². The van der Waals surface area contributed by atoms with Crippen molar-refractivity contribution in [3.8, 4) is 11.5 Å². The minimum atomic E-state index is 0.0184. The van der Waals surface area contributed by atoms with Crippen LogP contribution in [-0.4, -0.2) is 42.9 Å². The first-order valence-corrected chi connectivity index (χ1v) is 7.92. The lowest BCUT2D eigenvalue weighted by atomic mass is 10.0. The maximum Gasteiger partial charge on any atom is 0.258 e. The average Bonchev–Trinajstić information content (AvgIpc) is 2.53. The van der Waals surface area contributed by atoms with Crippen LogP contribution in [-0.2, 0) is 0 Å². The van der Waals surface area contributed by atoms with Gasteiger partial charge < -0.3 is 14.4 Å². The summed E-state index contributed by atoms with van der Waals surface area (Å²) >= 11 is 3.51. The van der Waals surface area contributed by atoms with Gasteiger partial charge in [-0.15, -0.1) is 0 Å². The summed E-state index contributed by atoms with van der Waals surface area (Å²) in [5.41, 5.74) is 0.569. The number of hydrogen-bond donors (Lipinski definition) is 0. The molecule has 0 bridgehead atoms. The van der Waals surface area contributed by atoms with Gasteiger partial charge in [-0.3, -0.25) is 4.79 Å². The van der Waals surface area contributed by atoms with Crippen molar-refractivity contribution in [1.82, 2.24) is 4.90 Å². The van der Waals surface area contributed by atoms with Crippen LogP contribution in [0.3, 0.4) is 0 Å². The average molecular weight is 342 g/mol. The molecule has 1 saturated heterocycles. The highest BCUT2D eigenvalue weighted by molar-refractivity contribution is 9.09. The maximum atomic E-state index is 12.8. The zero-order valence-electron chi connectivity index (χ0n) is 11.9. The molecule has 1 aromatic rings. The van der Waals surface area contributed by atoms with Crippen LogP contribution in [0.15, 0.2) is 18.2 Å². The van der Waals surface area contributed by atoms with E-state index in [2.05, 4.69) is 15.9 Å². The number of alkyl halides is 1. The first kappa shape index (κ1) is 15.2. The SMILES string of the molecule is COc1ccc(OC)c(C(=O)N2CCCCC2CBr)c1. The number of piperidine rings is 1. The van der Waals surface area contributed by atoms with Gasteiger partial charge >= 0.3 is 0 Å². The van der Waals surface area contributed by atoms with E-state index >= 15 is 0 Å². The Labute approximate surface area is 128 Å². The molecule has 1 heterocycles. The van der Waals surface area contributed by atoms with E-state index in [4.69, 9.17) is 9.47 Å². The summed E-state index contributed by atoms with van der Waals surface area (Å²) in [6, 6.07) is 5.58. The number of rotatable bonds is 4. The fourth-order valence-corrected chi connectivity index (χ4v) is 3.24. The Balaban J connectivity index is 2.31. The fraction of sp³-hybridized carbons (Fsp3) is 0.533. The molecule has 1 fully saturated rings. The van der Waals surface area contributed by atoms with Crippen LogP contribution >= 0.6 is 15.9 Å². The van der Waals surface area contributed by atoms with Gasteiger partial charge in [-0.1, -0.05) is 15.9 Å². The molecular formula is C15H20BrNO3. The van der Waals surface area contributed by atoms with Crippen molar-refractivity contribution in [3.63, 3.8) is 0 Å². The third-order valence-electron chi connectivity index (χ3n) is 3.70. The molecular weight excluding hydrogens is 322 g/mol. The summed E-state index contributed by atoms with van der Waals surface area (Å²) < 4.78 is 10.5. The monoisotopic (exact) mass is 341 g/mol. The van der Waals surface area contributed by atoms with Gasteiger partial charge in [0.2, 0.25) is 0 Å². The van der Waals surface area contributed by atoms with E-state index in [1.165, 1.54) is 6.42 Å². The zero-order chi connectivity index (χ0) is 14.5. The molecule has 1 aliphatic heterocycles. The number of halogens is 1. The molecule has 4 nitrogen and oxygen atoms in total. The summed E-state index contributed by atoms with van der Waals surface area (Å²) in [7, 11) is 3.18. The van der Waals surface area contributed by atoms with Crippen molar-refractivity contribution >= 4 is 21.8 Å². The topological polar surface area (TPSA) is 38.8 Å². The molecule has 0 aromatic heterocycles. The number of ether oxygens (including phenoxy) is 2. The van der Waals surface area contributed by atoms with Gasteiger partial charge in [-0.05, 0) is 37.5 Å². The fourth-order valence-electron chi connectivity index (χ4n) is 2.56. The molecule has 0 radical (unpaired) electrons. The van der Waals surface area contributed by atoms with E-state index < -0.39 is 0 Å². The van der Waals surface area contributed by atoms with Crippen molar-refractivity contribution < 1.29 is 14.3 Å². The van der Waals surface area contributed by atoms with E-state index in [1.54, 1.807) is 32.4 Å². The number of carbonyl (C=O) groups excluding carboxylic acids is 1. The van der Waals surface area contributed by atoms with Crippen LogP contribution in [0.2, 0.25) is 0 Å². The third kappa shape index (κ3) is 3.08. The molecule has 1 aromatic carbocycles. The first-order valence-electron chi connectivity index (χ1n) is 6.80. The highest BCUT2D eigenvalue weighted by atomic mass is 79.9.